The van der Waals surface area contributed by atoms with E-state index in [4.69, 9.17) is 13.3 Å². The van der Waals surface area contributed by atoms with Crippen LogP contribution in [0.4, 0.5) is 0 Å². The van der Waals surface area contributed by atoms with Crippen molar-refractivity contribution in [2.45, 2.75) is 59.6 Å². The maximum Gasteiger partial charge on any atom is 0.500 e. The van der Waals surface area contributed by atoms with Gasteiger partial charge in [0, 0.05) is 25.4 Å². The molecule has 0 fully saturated rings. The SMILES string of the molecule is CCCC(C)O[Si](CC)(OCC)OCC. The summed E-state index contributed by atoms with van der Waals surface area (Å²) in [6.07, 6.45) is 2.43. The average Bonchev–Trinajstić information content (AvgIpc) is 2.18. The Balaban J connectivity index is 4.31. The zero-order valence-electron chi connectivity index (χ0n) is 10.8. The van der Waals surface area contributed by atoms with E-state index in [2.05, 4.69) is 20.8 Å². The second-order valence-electron chi connectivity index (χ2n) is 3.62. The minimum absolute atomic E-state index is 0.236. The Bertz CT molecular complexity index is 147. The Labute approximate surface area is 95.5 Å². The van der Waals surface area contributed by atoms with Crippen LogP contribution >= 0.6 is 0 Å². The van der Waals surface area contributed by atoms with Crippen molar-refractivity contribution in [2.75, 3.05) is 13.2 Å². The van der Waals surface area contributed by atoms with Crippen molar-refractivity contribution in [1.82, 2.24) is 0 Å². The fourth-order valence-corrected chi connectivity index (χ4v) is 4.01. The molecule has 0 aliphatic rings. The lowest BCUT2D eigenvalue weighted by atomic mass is 10.2. The Morgan fingerprint density at radius 2 is 1.53 bits per heavy atom. The van der Waals surface area contributed by atoms with Crippen LogP contribution < -0.4 is 0 Å². The summed E-state index contributed by atoms with van der Waals surface area (Å²) in [5.41, 5.74) is 0. The highest BCUT2D eigenvalue weighted by atomic mass is 28.4. The Morgan fingerprint density at radius 1 is 1.00 bits per heavy atom. The molecule has 0 aliphatic heterocycles. The van der Waals surface area contributed by atoms with Gasteiger partial charge in [-0.25, -0.2) is 0 Å². The lowest BCUT2D eigenvalue weighted by Gasteiger charge is -2.30. The van der Waals surface area contributed by atoms with Gasteiger partial charge in [0.25, 0.3) is 0 Å². The van der Waals surface area contributed by atoms with Gasteiger partial charge in [0.1, 0.15) is 0 Å². The fraction of sp³-hybridized carbons (Fsp3) is 1.00. The maximum atomic E-state index is 6.00. The van der Waals surface area contributed by atoms with E-state index in [9.17, 15) is 0 Å². The van der Waals surface area contributed by atoms with Crippen molar-refractivity contribution in [2.24, 2.45) is 0 Å². The second-order valence-corrected chi connectivity index (χ2v) is 6.51. The monoisotopic (exact) mass is 234 g/mol. The molecule has 0 N–H and O–H groups in total. The molecule has 15 heavy (non-hydrogen) atoms. The van der Waals surface area contributed by atoms with E-state index < -0.39 is 8.80 Å². The van der Waals surface area contributed by atoms with Crippen molar-refractivity contribution >= 4 is 8.80 Å². The first-order chi connectivity index (χ1) is 7.14. The standard InChI is InChI=1S/C11H26O3Si/c1-6-10-11(5)14-15(9-4,12-7-2)13-8-3/h11H,6-10H2,1-5H3. The molecule has 1 unspecified atom stereocenters. The van der Waals surface area contributed by atoms with Gasteiger partial charge in [0.2, 0.25) is 0 Å². The Morgan fingerprint density at radius 3 is 1.87 bits per heavy atom. The quantitative estimate of drug-likeness (QED) is 0.573. The number of rotatable bonds is 9. The molecule has 0 rings (SSSR count). The summed E-state index contributed by atoms with van der Waals surface area (Å²) in [6.45, 7) is 11.7. The largest absolute Gasteiger partial charge is 0.500 e. The summed E-state index contributed by atoms with van der Waals surface area (Å²) in [7, 11) is -2.37. The van der Waals surface area contributed by atoms with Crippen LogP contribution in [0, 0.1) is 0 Å². The normalized spacial score (nSPS) is 14.2. The summed E-state index contributed by atoms with van der Waals surface area (Å²) in [5, 5.41) is 0. The zero-order valence-corrected chi connectivity index (χ0v) is 11.8. The highest BCUT2D eigenvalue weighted by molar-refractivity contribution is 6.60. The third-order valence-corrected chi connectivity index (χ3v) is 5.32. The van der Waals surface area contributed by atoms with E-state index in [1.807, 2.05) is 13.8 Å². The predicted molar refractivity (Wildman–Crippen MR) is 64.9 cm³/mol. The molecule has 0 aromatic heterocycles. The summed E-state index contributed by atoms with van der Waals surface area (Å²) in [5.74, 6) is 0. The van der Waals surface area contributed by atoms with Gasteiger partial charge in [-0.1, -0.05) is 20.3 Å². The third kappa shape index (κ3) is 5.66. The molecule has 0 aromatic carbocycles. The first-order valence-corrected chi connectivity index (χ1v) is 8.02. The summed E-state index contributed by atoms with van der Waals surface area (Å²) < 4.78 is 17.5. The Kier molecular flexibility index (Phi) is 8.33. The summed E-state index contributed by atoms with van der Waals surface area (Å²) in [4.78, 5) is 0. The van der Waals surface area contributed by atoms with Crippen LogP contribution in [0.15, 0.2) is 0 Å². The van der Waals surface area contributed by atoms with Gasteiger partial charge < -0.3 is 13.3 Å². The lowest BCUT2D eigenvalue weighted by molar-refractivity contribution is 0.0364. The van der Waals surface area contributed by atoms with Crippen LogP contribution in [0.2, 0.25) is 6.04 Å². The third-order valence-electron chi connectivity index (χ3n) is 2.24. The molecule has 0 bridgehead atoms. The number of hydrogen-bond donors (Lipinski definition) is 0. The van der Waals surface area contributed by atoms with Gasteiger partial charge >= 0.3 is 8.80 Å². The van der Waals surface area contributed by atoms with Crippen LogP contribution in [0.5, 0.6) is 0 Å². The molecular formula is C11H26O3Si. The van der Waals surface area contributed by atoms with Crippen LogP contribution in [-0.4, -0.2) is 28.1 Å². The van der Waals surface area contributed by atoms with Crippen LogP contribution in [0.3, 0.4) is 0 Å². The molecule has 0 radical (unpaired) electrons. The predicted octanol–water partition coefficient (Wildman–Crippen LogP) is 3.22. The maximum absolute atomic E-state index is 6.00. The van der Waals surface area contributed by atoms with Crippen molar-refractivity contribution in [3.8, 4) is 0 Å². The lowest BCUT2D eigenvalue weighted by Crippen LogP contribution is -2.47. The molecule has 1 atom stereocenters. The smallest absolute Gasteiger partial charge is 0.374 e. The zero-order chi connectivity index (χ0) is 11.7. The molecule has 3 nitrogen and oxygen atoms in total. The molecule has 0 saturated carbocycles. The fourth-order valence-electron chi connectivity index (χ4n) is 1.61. The van der Waals surface area contributed by atoms with E-state index in [0.29, 0.717) is 13.2 Å². The highest BCUT2D eigenvalue weighted by Crippen LogP contribution is 2.19. The van der Waals surface area contributed by atoms with Gasteiger partial charge in [-0.05, 0) is 27.2 Å². The van der Waals surface area contributed by atoms with E-state index in [-0.39, 0.29) is 6.10 Å². The van der Waals surface area contributed by atoms with Crippen molar-refractivity contribution < 1.29 is 13.3 Å². The van der Waals surface area contributed by atoms with Gasteiger partial charge in [-0.2, -0.15) is 0 Å². The summed E-state index contributed by atoms with van der Waals surface area (Å²) in [6, 6.07) is 0.850. The van der Waals surface area contributed by atoms with Crippen molar-refractivity contribution in [3.63, 3.8) is 0 Å². The minimum Gasteiger partial charge on any atom is -0.374 e. The van der Waals surface area contributed by atoms with Crippen LogP contribution in [0.1, 0.15) is 47.5 Å². The first-order valence-electron chi connectivity index (χ1n) is 6.09. The Hall–Kier alpha value is 0.0969. The van der Waals surface area contributed by atoms with Crippen LogP contribution in [-0.2, 0) is 13.3 Å². The van der Waals surface area contributed by atoms with Gasteiger partial charge in [-0.15, -0.1) is 0 Å². The van der Waals surface area contributed by atoms with Gasteiger partial charge in [0.15, 0.2) is 0 Å². The molecular weight excluding hydrogens is 208 g/mol. The topological polar surface area (TPSA) is 27.7 Å². The van der Waals surface area contributed by atoms with Crippen molar-refractivity contribution in [1.29, 1.82) is 0 Å². The van der Waals surface area contributed by atoms with Crippen LogP contribution in [0.25, 0.3) is 0 Å². The van der Waals surface area contributed by atoms with E-state index in [1.165, 1.54) is 0 Å². The second kappa shape index (κ2) is 8.27. The van der Waals surface area contributed by atoms with E-state index in [1.54, 1.807) is 0 Å². The van der Waals surface area contributed by atoms with E-state index >= 15 is 0 Å². The molecule has 0 amide bonds. The highest BCUT2D eigenvalue weighted by Gasteiger charge is 2.39. The molecule has 4 heteroatoms. The summed E-state index contributed by atoms with van der Waals surface area (Å²) >= 11 is 0. The molecule has 92 valence electrons. The average molecular weight is 234 g/mol. The molecule has 0 aliphatic carbocycles. The molecule has 0 aromatic rings. The molecule has 0 heterocycles. The molecule has 0 saturated heterocycles. The van der Waals surface area contributed by atoms with Crippen molar-refractivity contribution in [3.05, 3.63) is 0 Å². The minimum atomic E-state index is -2.37. The molecule has 0 spiro atoms. The van der Waals surface area contributed by atoms with Gasteiger partial charge in [-0.3, -0.25) is 0 Å². The first kappa shape index (κ1) is 15.1. The number of hydrogen-bond acceptors (Lipinski definition) is 3. The van der Waals surface area contributed by atoms with Gasteiger partial charge in [0.05, 0.1) is 0 Å². The van der Waals surface area contributed by atoms with E-state index in [0.717, 1.165) is 18.9 Å².